The smallest absolute Gasteiger partial charge is 0.335 e. The third-order valence-electron chi connectivity index (χ3n) is 4.52. The fourth-order valence-electron chi connectivity index (χ4n) is 3.17. The van der Waals surface area contributed by atoms with Gasteiger partial charge in [-0.3, -0.25) is 14.9 Å². The lowest BCUT2D eigenvalue weighted by atomic mass is 9.85. The number of carbonyl (C=O) groups is 2. The second-order valence-corrected chi connectivity index (χ2v) is 7.54. The van der Waals surface area contributed by atoms with Crippen LogP contribution in [0.5, 0.6) is 5.75 Å². The van der Waals surface area contributed by atoms with Crippen LogP contribution in [0.2, 0.25) is 0 Å². The van der Waals surface area contributed by atoms with Crippen molar-refractivity contribution < 1.29 is 24.4 Å². The first-order valence-corrected chi connectivity index (χ1v) is 8.70. The van der Waals surface area contributed by atoms with E-state index in [1.807, 2.05) is 32.9 Å². The maximum absolute atomic E-state index is 13.1. The molecule has 1 aliphatic rings. The van der Waals surface area contributed by atoms with Gasteiger partial charge in [-0.05, 0) is 17.5 Å². The van der Waals surface area contributed by atoms with Gasteiger partial charge in [-0.1, -0.05) is 32.9 Å². The van der Waals surface area contributed by atoms with Crippen molar-refractivity contribution in [3.8, 4) is 5.75 Å². The molecule has 0 bridgehead atoms. The maximum atomic E-state index is 13.1. The van der Waals surface area contributed by atoms with Crippen LogP contribution >= 0.6 is 0 Å². The Morgan fingerprint density at radius 3 is 2.46 bits per heavy atom. The summed E-state index contributed by atoms with van der Waals surface area (Å²) in [4.78, 5) is 36.3. The zero-order valence-electron chi connectivity index (χ0n) is 15.8. The van der Waals surface area contributed by atoms with E-state index in [0.717, 1.165) is 23.8 Å². The van der Waals surface area contributed by atoms with Gasteiger partial charge in [0.15, 0.2) is 0 Å². The number of hydrogen-bond acceptors (Lipinski definition) is 5. The van der Waals surface area contributed by atoms with Gasteiger partial charge in [0.05, 0.1) is 22.7 Å². The molecule has 146 valence electrons. The fourth-order valence-corrected chi connectivity index (χ4v) is 3.17. The Morgan fingerprint density at radius 2 is 1.86 bits per heavy atom. The van der Waals surface area contributed by atoms with Crippen molar-refractivity contribution in [3.63, 3.8) is 0 Å². The van der Waals surface area contributed by atoms with Crippen molar-refractivity contribution in [2.75, 3.05) is 18.1 Å². The summed E-state index contributed by atoms with van der Waals surface area (Å²) in [6.45, 7) is 6.63. The summed E-state index contributed by atoms with van der Waals surface area (Å²) in [7, 11) is 0. The quantitative estimate of drug-likeness (QED) is 0.639. The number of para-hydroxylation sites is 1. The second kappa shape index (κ2) is 6.95. The molecule has 0 aromatic heterocycles. The molecule has 0 spiro atoms. The summed E-state index contributed by atoms with van der Waals surface area (Å²) in [6, 6.07) is 8.69. The third kappa shape index (κ3) is 3.53. The van der Waals surface area contributed by atoms with Crippen LogP contribution in [0, 0.1) is 10.1 Å². The predicted octanol–water partition coefficient (Wildman–Crippen LogP) is 3.63. The Kier molecular flexibility index (Phi) is 4.80. The number of aromatic carboxylic acids is 1. The number of ether oxygens (including phenoxy) is 1. The summed E-state index contributed by atoms with van der Waals surface area (Å²) in [5.41, 5.74) is 0.481. The van der Waals surface area contributed by atoms with E-state index in [2.05, 4.69) is 0 Å². The van der Waals surface area contributed by atoms with E-state index in [4.69, 9.17) is 4.74 Å². The largest absolute Gasteiger partial charge is 0.489 e. The standard InChI is InChI=1S/C20H20N2O6/c1-20(2,3)15-5-4-6-16-17(15)28-8-7-21(16)18(23)12-9-13(19(24)25)11-14(10-12)22(26)27/h4-6,9-11H,7-8H2,1-3H3,(H,24,25). The van der Waals surface area contributed by atoms with Crippen LogP contribution in [0.3, 0.4) is 0 Å². The SMILES string of the molecule is CC(C)(C)c1cccc2c1OCCN2C(=O)c1cc(C(=O)O)cc([N+](=O)[O-])c1. The highest BCUT2D eigenvalue weighted by Crippen LogP contribution is 2.41. The average molecular weight is 384 g/mol. The van der Waals surface area contributed by atoms with E-state index in [1.54, 1.807) is 6.07 Å². The van der Waals surface area contributed by atoms with Crippen molar-refractivity contribution >= 4 is 23.3 Å². The molecule has 1 heterocycles. The molecule has 1 N–H and O–H groups in total. The number of nitro groups is 1. The maximum Gasteiger partial charge on any atom is 0.335 e. The fraction of sp³-hybridized carbons (Fsp3) is 0.300. The van der Waals surface area contributed by atoms with E-state index >= 15 is 0 Å². The van der Waals surface area contributed by atoms with Gasteiger partial charge in [0, 0.05) is 23.3 Å². The van der Waals surface area contributed by atoms with Crippen LogP contribution in [-0.4, -0.2) is 35.1 Å². The number of benzene rings is 2. The number of fused-ring (bicyclic) bond motifs is 1. The molecule has 0 fully saturated rings. The van der Waals surface area contributed by atoms with Gasteiger partial charge < -0.3 is 14.7 Å². The van der Waals surface area contributed by atoms with Crippen molar-refractivity contribution in [2.45, 2.75) is 26.2 Å². The van der Waals surface area contributed by atoms with Crippen molar-refractivity contribution in [3.05, 3.63) is 63.2 Å². The lowest BCUT2D eigenvalue weighted by Crippen LogP contribution is -2.38. The molecule has 2 aromatic rings. The Balaban J connectivity index is 2.09. The molecular weight excluding hydrogens is 364 g/mol. The van der Waals surface area contributed by atoms with Crippen LogP contribution in [-0.2, 0) is 5.41 Å². The molecule has 0 radical (unpaired) electrons. The highest BCUT2D eigenvalue weighted by atomic mass is 16.6. The Bertz CT molecular complexity index is 945. The Morgan fingerprint density at radius 1 is 1.18 bits per heavy atom. The summed E-state index contributed by atoms with van der Waals surface area (Å²) >= 11 is 0. The molecule has 0 atom stereocenters. The molecule has 0 saturated heterocycles. The minimum atomic E-state index is -1.34. The zero-order chi connectivity index (χ0) is 20.6. The normalized spacial score (nSPS) is 13.5. The van der Waals surface area contributed by atoms with Crippen molar-refractivity contribution in [1.82, 2.24) is 0 Å². The van der Waals surface area contributed by atoms with E-state index in [0.29, 0.717) is 11.4 Å². The van der Waals surface area contributed by atoms with Gasteiger partial charge >= 0.3 is 5.97 Å². The van der Waals surface area contributed by atoms with Crippen molar-refractivity contribution in [1.29, 1.82) is 0 Å². The van der Waals surface area contributed by atoms with Gasteiger partial charge in [0.25, 0.3) is 11.6 Å². The number of carboxylic acid groups (broad SMARTS) is 1. The highest BCUT2D eigenvalue weighted by molar-refractivity contribution is 6.08. The number of hydrogen-bond donors (Lipinski definition) is 1. The lowest BCUT2D eigenvalue weighted by molar-refractivity contribution is -0.384. The van der Waals surface area contributed by atoms with E-state index in [1.165, 1.54) is 4.90 Å². The summed E-state index contributed by atoms with van der Waals surface area (Å²) in [6.07, 6.45) is 0. The van der Waals surface area contributed by atoms with E-state index < -0.39 is 22.5 Å². The first kappa shape index (κ1) is 19.3. The average Bonchev–Trinajstić information content (AvgIpc) is 2.65. The van der Waals surface area contributed by atoms with Crippen LogP contribution in [0.15, 0.2) is 36.4 Å². The predicted molar refractivity (Wildman–Crippen MR) is 102 cm³/mol. The van der Waals surface area contributed by atoms with Gasteiger partial charge in [-0.2, -0.15) is 0 Å². The second-order valence-electron chi connectivity index (χ2n) is 7.54. The number of carbonyl (C=O) groups excluding carboxylic acids is 1. The number of carboxylic acids is 1. The third-order valence-corrected chi connectivity index (χ3v) is 4.52. The number of amides is 1. The topological polar surface area (TPSA) is 110 Å². The molecule has 8 nitrogen and oxygen atoms in total. The van der Waals surface area contributed by atoms with Crippen LogP contribution in [0.25, 0.3) is 0 Å². The first-order chi connectivity index (χ1) is 13.1. The Hall–Kier alpha value is -3.42. The molecular formula is C20H20N2O6. The number of anilines is 1. The van der Waals surface area contributed by atoms with Gasteiger partial charge in [0.2, 0.25) is 0 Å². The molecule has 0 saturated carbocycles. The number of nitrogens with zero attached hydrogens (tertiary/aromatic N) is 2. The molecule has 1 amide bonds. The number of rotatable bonds is 3. The molecule has 1 aliphatic heterocycles. The first-order valence-electron chi connectivity index (χ1n) is 8.70. The highest BCUT2D eigenvalue weighted by Gasteiger charge is 2.30. The molecule has 0 unspecified atom stereocenters. The monoisotopic (exact) mass is 384 g/mol. The number of nitro benzene ring substituents is 1. The van der Waals surface area contributed by atoms with Crippen molar-refractivity contribution in [2.24, 2.45) is 0 Å². The molecule has 8 heteroatoms. The molecule has 0 aliphatic carbocycles. The van der Waals surface area contributed by atoms with Crippen LogP contribution in [0.4, 0.5) is 11.4 Å². The van der Waals surface area contributed by atoms with Crippen LogP contribution in [0.1, 0.15) is 47.1 Å². The van der Waals surface area contributed by atoms with Crippen LogP contribution < -0.4 is 9.64 Å². The van der Waals surface area contributed by atoms with E-state index in [9.17, 15) is 24.8 Å². The summed E-state index contributed by atoms with van der Waals surface area (Å²) in [5, 5.41) is 20.4. The zero-order valence-corrected chi connectivity index (χ0v) is 15.8. The summed E-state index contributed by atoms with van der Waals surface area (Å²) < 4.78 is 5.83. The number of non-ortho nitro benzene ring substituents is 1. The van der Waals surface area contributed by atoms with Gasteiger partial charge in [-0.15, -0.1) is 0 Å². The molecule has 28 heavy (non-hydrogen) atoms. The Labute approximate surface area is 161 Å². The molecule has 2 aromatic carbocycles. The minimum Gasteiger partial charge on any atom is -0.489 e. The van der Waals surface area contributed by atoms with Gasteiger partial charge in [0.1, 0.15) is 12.4 Å². The minimum absolute atomic E-state index is 0.0550. The van der Waals surface area contributed by atoms with Gasteiger partial charge in [-0.25, -0.2) is 4.79 Å². The summed E-state index contributed by atoms with van der Waals surface area (Å²) in [5.74, 6) is -1.25. The lowest BCUT2D eigenvalue weighted by Gasteiger charge is -2.33. The van der Waals surface area contributed by atoms with E-state index in [-0.39, 0.29) is 29.7 Å². The molecule has 3 rings (SSSR count).